The molecule has 0 bridgehead atoms. The molecule has 4 N–H and O–H groups in total. The van der Waals surface area contributed by atoms with E-state index in [4.69, 9.17) is 17.4 Å². The number of nitrogens with two attached hydrogens (primary N) is 1. The van der Waals surface area contributed by atoms with Gasteiger partial charge in [-0.15, -0.1) is 0 Å². The third-order valence-corrected chi connectivity index (χ3v) is 4.69. The van der Waals surface area contributed by atoms with Gasteiger partial charge in [-0.2, -0.15) is 0 Å². The number of hydrogen-bond donors (Lipinski definition) is 3. The topological polar surface area (TPSA) is 84.2 Å². The highest BCUT2D eigenvalue weighted by atomic mass is 79.9. The number of halogens is 2. The van der Waals surface area contributed by atoms with Crippen molar-refractivity contribution in [3.63, 3.8) is 0 Å². The average molecular weight is 377 g/mol. The Bertz CT molecular complexity index is 720. The molecular weight excluding hydrogens is 366 g/mol. The van der Waals surface area contributed by atoms with Crippen molar-refractivity contribution in [2.24, 2.45) is 5.84 Å². The lowest BCUT2D eigenvalue weighted by Gasteiger charge is -2.10. The Labute approximate surface area is 130 Å². The van der Waals surface area contributed by atoms with E-state index in [-0.39, 0.29) is 4.90 Å². The normalized spacial score (nSPS) is 11.2. The van der Waals surface area contributed by atoms with Crippen LogP contribution in [0.2, 0.25) is 5.02 Å². The molecule has 0 aromatic heterocycles. The molecule has 20 heavy (non-hydrogen) atoms. The number of sulfonamides is 1. The summed E-state index contributed by atoms with van der Waals surface area (Å²) in [6.07, 6.45) is 0. The maximum Gasteiger partial charge on any atom is 0.261 e. The fourth-order valence-electron chi connectivity index (χ4n) is 1.51. The molecule has 0 saturated carbocycles. The third kappa shape index (κ3) is 3.43. The summed E-state index contributed by atoms with van der Waals surface area (Å²) < 4.78 is 27.6. The molecule has 2 aromatic rings. The Hall–Kier alpha value is -1.28. The molecule has 0 unspecified atom stereocenters. The van der Waals surface area contributed by atoms with Crippen molar-refractivity contribution in [3.8, 4) is 0 Å². The summed E-state index contributed by atoms with van der Waals surface area (Å²) in [5, 5.41) is 0.309. The average Bonchev–Trinajstić information content (AvgIpc) is 2.42. The largest absolute Gasteiger partial charge is 0.324 e. The molecule has 0 saturated heterocycles. The van der Waals surface area contributed by atoms with Crippen LogP contribution in [0.3, 0.4) is 0 Å². The maximum absolute atomic E-state index is 12.2. The van der Waals surface area contributed by atoms with Crippen molar-refractivity contribution in [2.45, 2.75) is 4.90 Å². The molecule has 2 rings (SSSR count). The highest BCUT2D eigenvalue weighted by Crippen LogP contribution is 2.27. The second kappa shape index (κ2) is 6.01. The smallest absolute Gasteiger partial charge is 0.261 e. The lowest BCUT2D eigenvalue weighted by Crippen LogP contribution is -2.13. The zero-order valence-electron chi connectivity index (χ0n) is 10.1. The summed E-state index contributed by atoms with van der Waals surface area (Å²) in [6, 6.07) is 10.9. The highest BCUT2D eigenvalue weighted by Gasteiger charge is 2.15. The zero-order valence-corrected chi connectivity index (χ0v) is 13.3. The van der Waals surface area contributed by atoms with E-state index in [0.29, 0.717) is 16.4 Å². The number of nitrogen functional groups attached to an aromatic ring is 1. The van der Waals surface area contributed by atoms with Crippen molar-refractivity contribution < 1.29 is 8.42 Å². The molecule has 0 amide bonds. The van der Waals surface area contributed by atoms with Crippen molar-refractivity contribution in [1.82, 2.24) is 0 Å². The predicted molar refractivity (Wildman–Crippen MR) is 84.2 cm³/mol. The van der Waals surface area contributed by atoms with Crippen LogP contribution >= 0.6 is 27.5 Å². The second-order valence-corrected chi connectivity index (χ2v) is 6.90. The molecule has 5 nitrogen and oxygen atoms in total. The van der Waals surface area contributed by atoms with Crippen LogP contribution in [-0.2, 0) is 10.0 Å². The van der Waals surface area contributed by atoms with E-state index < -0.39 is 10.0 Å². The standard InChI is InChI=1S/C12H11BrClN3O2S/c13-8-1-6-12(11(14)7-8)17-20(18,19)10-4-2-9(16-15)3-5-10/h1-7,16-17H,15H2. The van der Waals surface area contributed by atoms with Crippen LogP contribution in [0.25, 0.3) is 0 Å². The Balaban J connectivity index is 2.30. The minimum Gasteiger partial charge on any atom is -0.324 e. The number of anilines is 2. The molecule has 8 heteroatoms. The van der Waals surface area contributed by atoms with Gasteiger partial charge in [0.05, 0.1) is 15.6 Å². The van der Waals surface area contributed by atoms with Gasteiger partial charge in [-0.25, -0.2) is 8.42 Å². The van der Waals surface area contributed by atoms with Crippen molar-refractivity contribution >= 4 is 48.9 Å². The van der Waals surface area contributed by atoms with Gasteiger partial charge in [0.25, 0.3) is 10.0 Å². The molecule has 0 heterocycles. The van der Waals surface area contributed by atoms with E-state index in [2.05, 4.69) is 26.1 Å². The number of hydrazine groups is 1. The summed E-state index contributed by atoms with van der Waals surface area (Å²) in [7, 11) is -3.69. The Morgan fingerprint density at radius 2 is 1.75 bits per heavy atom. The first-order valence-corrected chi connectivity index (χ1v) is 8.12. The molecule has 106 valence electrons. The Morgan fingerprint density at radius 1 is 1.10 bits per heavy atom. The van der Waals surface area contributed by atoms with Crippen molar-refractivity contribution in [2.75, 3.05) is 10.1 Å². The maximum atomic E-state index is 12.2. The minimum absolute atomic E-state index is 0.121. The van der Waals surface area contributed by atoms with Crippen LogP contribution in [0.15, 0.2) is 51.8 Å². The van der Waals surface area contributed by atoms with Crippen molar-refractivity contribution in [1.29, 1.82) is 0 Å². The fraction of sp³-hybridized carbons (Fsp3) is 0. The zero-order chi connectivity index (χ0) is 14.8. The lowest BCUT2D eigenvalue weighted by atomic mass is 10.3. The van der Waals surface area contributed by atoms with Gasteiger partial charge in [-0.1, -0.05) is 27.5 Å². The third-order valence-electron chi connectivity index (χ3n) is 2.51. The van der Waals surface area contributed by atoms with E-state index in [1.54, 1.807) is 30.3 Å². The van der Waals surface area contributed by atoms with Gasteiger partial charge >= 0.3 is 0 Å². The van der Waals surface area contributed by atoms with Crippen LogP contribution in [0, 0.1) is 0 Å². The molecule has 0 radical (unpaired) electrons. The lowest BCUT2D eigenvalue weighted by molar-refractivity contribution is 0.601. The van der Waals surface area contributed by atoms with E-state index in [1.165, 1.54) is 12.1 Å². The summed E-state index contributed by atoms with van der Waals surface area (Å²) >= 11 is 9.24. The van der Waals surface area contributed by atoms with Crippen molar-refractivity contribution in [3.05, 3.63) is 52.0 Å². The molecule has 2 aromatic carbocycles. The number of hydrogen-bond acceptors (Lipinski definition) is 4. The highest BCUT2D eigenvalue weighted by molar-refractivity contribution is 9.10. The monoisotopic (exact) mass is 375 g/mol. The van der Waals surface area contributed by atoms with Gasteiger partial charge in [0.1, 0.15) is 0 Å². The van der Waals surface area contributed by atoms with Crippen LogP contribution in [0.5, 0.6) is 0 Å². The summed E-state index contributed by atoms with van der Waals surface area (Å²) in [4.78, 5) is 0.121. The summed E-state index contributed by atoms with van der Waals surface area (Å²) in [5.41, 5.74) is 3.36. The molecule has 0 fully saturated rings. The number of nitrogens with one attached hydrogen (secondary N) is 2. The van der Waals surface area contributed by atoms with Crippen LogP contribution < -0.4 is 16.0 Å². The van der Waals surface area contributed by atoms with Crippen LogP contribution in [0.4, 0.5) is 11.4 Å². The van der Waals surface area contributed by atoms with Gasteiger partial charge in [-0.05, 0) is 42.5 Å². The first-order valence-electron chi connectivity index (χ1n) is 5.47. The molecular formula is C12H11BrClN3O2S. The second-order valence-electron chi connectivity index (χ2n) is 3.90. The Kier molecular flexibility index (Phi) is 4.54. The van der Waals surface area contributed by atoms with E-state index in [0.717, 1.165) is 4.47 Å². The summed E-state index contributed by atoms with van der Waals surface area (Å²) in [5.74, 6) is 5.23. The van der Waals surface area contributed by atoms with Gasteiger partial charge in [-0.3, -0.25) is 10.6 Å². The fourth-order valence-corrected chi connectivity index (χ4v) is 3.36. The van der Waals surface area contributed by atoms with Gasteiger partial charge in [0.15, 0.2) is 0 Å². The van der Waals surface area contributed by atoms with E-state index in [9.17, 15) is 8.42 Å². The van der Waals surface area contributed by atoms with Gasteiger partial charge in [0.2, 0.25) is 0 Å². The van der Waals surface area contributed by atoms with E-state index >= 15 is 0 Å². The summed E-state index contributed by atoms with van der Waals surface area (Å²) in [6.45, 7) is 0. The Morgan fingerprint density at radius 3 is 2.30 bits per heavy atom. The first-order chi connectivity index (χ1) is 9.42. The molecule has 0 spiro atoms. The quantitative estimate of drug-likeness (QED) is 0.565. The van der Waals surface area contributed by atoms with Crippen LogP contribution in [0.1, 0.15) is 0 Å². The van der Waals surface area contributed by atoms with Crippen LogP contribution in [-0.4, -0.2) is 8.42 Å². The van der Waals surface area contributed by atoms with E-state index in [1.807, 2.05) is 0 Å². The molecule has 0 atom stereocenters. The molecule has 0 aliphatic carbocycles. The SMILES string of the molecule is NNc1ccc(S(=O)(=O)Nc2ccc(Br)cc2Cl)cc1. The molecule has 0 aliphatic heterocycles. The number of benzene rings is 2. The minimum atomic E-state index is -3.69. The predicted octanol–water partition coefficient (Wildman–Crippen LogP) is 3.19. The van der Waals surface area contributed by atoms with Gasteiger partial charge < -0.3 is 5.43 Å². The molecule has 0 aliphatic rings. The van der Waals surface area contributed by atoms with Gasteiger partial charge in [0, 0.05) is 10.2 Å². The first kappa shape index (κ1) is 15.1. The number of rotatable bonds is 4.